The van der Waals surface area contributed by atoms with E-state index in [-0.39, 0.29) is 0 Å². The lowest BCUT2D eigenvalue weighted by atomic mass is 10.0. The fourth-order valence-electron chi connectivity index (χ4n) is 2.26. The lowest BCUT2D eigenvalue weighted by Crippen LogP contribution is -2.18. The molecule has 1 N–H and O–H groups in total. The summed E-state index contributed by atoms with van der Waals surface area (Å²) >= 11 is 1.80. The molecular weight excluding hydrogens is 252 g/mol. The molecule has 1 unspecified atom stereocenters. The predicted octanol–water partition coefficient (Wildman–Crippen LogP) is 4.17. The summed E-state index contributed by atoms with van der Waals surface area (Å²) in [5, 5.41) is 4.74. The first-order valence-electron chi connectivity index (χ1n) is 6.84. The Morgan fingerprint density at radius 3 is 2.74 bits per heavy atom. The maximum Gasteiger partial charge on any atom is 0.107 e. The first-order chi connectivity index (χ1) is 9.10. The number of benzene rings is 1. The molecule has 0 bridgehead atoms. The molecule has 1 heterocycles. The van der Waals surface area contributed by atoms with Crippen LogP contribution in [-0.2, 0) is 13.0 Å². The van der Waals surface area contributed by atoms with Crippen LogP contribution in [0.2, 0.25) is 0 Å². The summed E-state index contributed by atoms with van der Waals surface area (Å²) in [7, 11) is 0. The molecule has 0 amide bonds. The first-order valence-corrected chi connectivity index (χ1v) is 7.66. The highest BCUT2D eigenvalue weighted by atomic mass is 32.1. The number of hydrogen-bond donors (Lipinski definition) is 1. The van der Waals surface area contributed by atoms with Crippen LogP contribution in [0.4, 0.5) is 0 Å². The highest BCUT2D eigenvalue weighted by Gasteiger charge is 2.09. The Morgan fingerprint density at radius 1 is 1.32 bits per heavy atom. The number of rotatable bonds is 5. The number of hydrogen-bond acceptors (Lipinski definition) is 3. The normalized spacial score (nSPS) is 12.6. The second-order valence-corrected chi connectivity index (χ2v) is 6.24. The smallest absolute Gasteiger partial charge is 0.107 e. The lowest BCUT2D eigenvalue weighted by molar-refractivity contribution is 0.570. The predicted molar refractivity (Wildman–Crippen MR) is 82.7 cm³/mol. The van der Waals surface area contributed by atoms with Crippen LogP contribution in [0.15, 0.2) is 24.4 Å². The van der Waals surface area contributed by atoms with E-state index in [1.54, 1.807) is 11.3 Å². The molecule has 0 aliphatic heterocycles. The number of nitrogens with zero attached hydrogens (tertiary/aromatic N) is 1. The SMILES string of the molecule is CCc1cnc(CNC(C)c2ccc(C)cc2C)s1. The summed E-state index contributed by atoms with van der Waals surface area (Å²) < 4.78 is 0. The van der Waals surface area contributed by atoms with Crippen LogP contribution >= 0.6 is 11.3 Å². The van der Waals surface area contributed by atoms with Gasteiger partial charge in [0.1, 0.15) is 5.01 Å². The molecule has 3 heteroatoms. The molecule has 2 aromatic rings. The molecule has 1 aromatic heterocycles. The molecule has 19 heavy (non-hydrogen) atoms. The zero-order valence-electron chi connectivity index (χ0n) is 12.2. The van der Waals surface area contributed by atoms with Crippen molar-refractivity contribution >= 4 is 11.3 Å². The van der Waals surface area contributed by atoms with E-state index in [9.17, 15) is 0 Å². The van der Waals surface area contributed by atoms with Gasteiger partial charge in [-0.15, -0.1) is 11.3 Å². The molecule has 1 atom stereocenters. The highest BCUT2D eigenvalue weighted by molar-refractivity contribution is 7.11. The fraction of sp³-hybridized carbons (Fsp3) is 0.438. The average molecular weight is 274 g/mol. The first kappa shape index (κ1) is 14.2. The zero-order valence-corrected chi connectivity index (χ0v) is 13.0. The van der Waals surface area contributed by atoms with Crippen LogP contribution in [0.25, 0.3) is 0 Å². The molecule has 102 valence electrons. The van der Waals surface area contributed by atoms with Gasteiger partial charge in [-0.3, -0.25) is 0 Å². The topological polar surface area (TPSA) is 24.9 Å². The Kier molecular flexibility index (Phi) is 4.72. The summed E-state index contributed by atoms with van der Waals surface area (Å²) in [5.74, 6) is 0. The second-order valence-electron chi connectivity index (χ2n) is 5.04. The van der Waals surface area contributed by atoms with Crippen molar-refractivity contribution in [2.24, 2.45) is 0 Å². The van der Waals surface area contributed by atoms with Crippen molar-refractivity contribution in [1.29, 1.82) is 0 Å². The Balaban J connectivity index is 1.98. The van der Waals surface area contributed by atoms with E-state index < -0.39 is 0 Å². The summed E-state index contributed by atoms with van der Waals surface area (Å²) in [5.41, 5.74) is 4.05. The van der Waals surface area contributed by atoms with Gasteiger partial charge < -0.3 is 5.32 Å². The molecule has 0 saturated heterocycles. The lowest BCUT2D eigenvalue weighted by Gasteiger charge is -2.16. The van der Waals surface area contributed by atoms with Gasteiger partial charge in [0.05, 0.1) is 0 Å². The van der Waals surface area contributed by atoms with Crippen LogP contribution in [0.1, 0.15) is 46.5 Å². The van der Waals surface area contributed by atoms with Gasteiger partial charge in [-0.05, 0) is 38.3 Å². The van der Waals surface area contributed by atoms with E-state index in [4.69, 9.17) is 0 Å². The molecule has 0 saturated carbocycles. The van der Waals surface area contributed by atoms with E-state index in [2.05, 4.69) is 56.2 Å². The Labute approximate surface area is 119 Å². The van der Waals surface area contributed by atoms with Gasteiger partial charge in [-0.2, -0.15) is 0 Å². The van der Waals surface area contributed by atoms with Crippen molar-refractivity contribution in [2.45, 2.75) is 46.7 Å². The zero-order chi connectivity index (χ0) is 13.8. The highest BCUT2D eigenvalue weighted by Crippen LogP contribution is 2.20. The third-order valence-electron chi connectivity index (χ3n) is 3.40. The van der Waals surface area contributed by atoms with Gasteiger partial charge in [0.2, 0.25) is 0 Å². The quantitative estimate of drug-likeness (QED) is 0.885. The van der Waals surface area contributed by atoms with Crippen molar-refractivity contribution in [1.82, 2.24) is 10.3 Å². The third kappa shape index (κ3) is 3.64. The molecule has 1 aromatic carbocycles. The van der Waals surface area contributed by atoms with E-state index in [1.807, 2.05) is 6.20 Å². The van der Waals surface area contributed by atoms with Crippen LogP contribution < -0.4 is 5.32 Å². The van der Waals surface area contributed by atoms with E-state index in [0.717, 1.165) is 13.0 Å². The van der Waals surface area contributed by atoms with Crippen molar-refractivity contribution in [3.05, 3.63) is 51.0 Å². The van der Waals surface area contributed by atoms with Gasteiger partial charge >= 0.3 is 0 Å². The van der Waals surface area contributed by atoms with Gasteiger partial charge in [-0.25, -0.2) is 4.98 Å². The summed E-state index contributed by atoms with van der Waals surface area (Å²) in [6.45, 7) is 9.55. The molecule has 2 nitrogen and oxygen atoms in total. The summed E-state index contributed by atoms with van der Waals surface area (Å²) in [6.07, 6.45) is 3.06. The number of nitrogens with one attached hydrogen (secondary N) is 1. The maximum absolute atomic E-state index is 4.45. The fourth-order valence-corrected chi connectivity index (χ4v) is 3.07. The summed E-state index contributed by atoms with van der Waals surface area (Å²) in [4.78, 5) is 5.80. The van der Waals surface area contributed by atoms with Crippen molar-refractivity contribution in [3.63, 3.8) is 0 Å². The van der Waals surface area contributed by atoms with Crippen molar-refractivity contribution in [2.75, 3.05) is 0 Å². The molecule has 0 aliphatic rings. The van der Waals surface area contributed by atoms with Crippen molar-refractivity contribution < 1.29 is 0 Å². The Morgan fingerprint density at radius 2 is 2.11 bits per heavy atom. The molecule has 0 fully saturated rings. The number of aryl methyl sites for hydroxylation is 3. The minimum Gasteiger partial charge on any atom is -0.304 e. The molecule has 0 spiro atoms. The van der Waals surface area contributed by atoms with Crippen LogP contribution in [-0.4, -0.2) is 4.98 Å². The monoisotopic (exact) mass is 274 g/mol. The number of aromatic nitrogens is 1. The van der Waals surface area contributed by atoms with Crippen LogP contribution in [0.3, 0.4) is 0 Å². The molecule has 0 radical (unpaired) electrons. The minimum absolute atomic E-state index is 0.356. The van der Waals surface area contributed by atoms with Crippen molar-refractivity contribution in [3.8, 4) is 0 Å². The third-order valence-corrected chi connectivity index (χ3v) is 4.54. The van der Waals surface area contributed by atoms with Gasteiger partial charge in [0.15, 0.2) is 0 Å². The average Bonchev–Trinajstić information content (AvgIpc) is 2.84. The Bertz CT molecular complexity index is 545. The maximum atomic E-state index is 4.45. The van der Waals surface area contributed by atoms with Crippen LogP contribution in [0, 0.1) is 13.8 Å². The molecule has 2 rings (SSSR count). The van der Waals surface area contributed by atoms with E-state index in [0.29, 0.717) is 6.04 Å². The van der Waals surface area contributed by atoms with Gasteiger partial charge in [0, 0.05) is 23.7 Å². The van der Waals surface area contributed by atoms with Gasteiger partial charge in [-0.1, -0.05) is 30.7 Å². The summed E-state index contributed by atoms with van der Waals surface area (Å²) in [6, 6.07) is 7.00. The second kappa shape index (κ2) is 6.31. The van der Waals surface area contributed by atoms with Gasteiger partial charge in [0.25, 0.3) is 0 Å². The minimum atomic E-state index is 0.356. The Hall–Kier alpha value is -1.19. The van der Waals surface area contributed by atoms with Crippen LogP contribution in [0.5, 0.6) is 0 Å². The molecular formula is C16H22N2S. The standard InChI is InChI=1S/C16H22N2S/c1-5-14-9-18-16(19-14)10-17-13(4)15-7-6-11(2)8-12(15)3/h6-9,13,17H,5,10H2,1-4H3. The van der Waals surface area contributed by atoms with E-state index in [1.165, 1.54) is 26.6 Å². The molecule has 0 aliphatic carbocycles. The largest absolute Gasteiger partial charge is 0.304 e. The number of thiazole rings is 1. The van der Waals surface area contributed by atoms with E-state index >= 15 is 0 Å².